The summed E-state index contributed by atoms with van der Waals surface area (Å²) >= 11 is 0. The van der Waals surface area contributed by atoms with Gasteiger partial charge in [-0.15, -0.1) is 6.58 Å². The van der Waals surface area contributed by atoms with E-state index in [2.05, 4.69) is 11.6 Å². The van der Waals surface area contributed by atoms with Crippen molar-refractivity contribution in [2.75, 3.05) is 0 Å². The summed E-state index contributed by atoms with van der Waals surface area (Å²) in [5, 5.41) is 0. The number of hydrogen-bond donors (Lipinski definition) is 0. The van der Waals surface area contributed by atoms with Gasteiger partial charge in [0, 0.05) is 0 Å². The van der Waals surface area contributed by atoms with E-state index in [1.165, 1.54) is 0 Å². The number of aliphatic imine (C=N–C) groups is 1. The first-order valence-corrected chi connectivity index (χ1v) is 4.11. The maximum atomic E-state index is 10.1. The lowest BCUT2D eigenvalue weighted by molar-refractivity contribution is 0.557. The molecule has 0 aliphatic carbocycles. The van der Waals surface area contributed by atoms with E-state index < -0.39 is 0 Å². The van der Waals surface area contributed by atoms with Gasteiger partial charge in [0.1, 0.15) is 0 Å². The standard InChI is InChI=1S/C11H11NO/c1-2-6-11(12-9-13)10-7-4-3-5-8-10/h2-5,7-8,11H,1,6H2/t11-/m1/s1. The third kappa shape index (κ3) is 2.69. The van der Waals surface area contributed by atoms with Crippen LogP contribution in [0.5, 0.6) is 0 Å². The lowest BCUT2D eigenvalue weighted by atomic mass is 10.1. The highest BCUT2D eigenvalue weighted by atomic mass is 16.1. The molecule has 66 valence electrons. The number of rotatable bonds is 4. The van der Waals surface area contributed by atoms with Crippen molar-refractivity contribution in [1.29, 1.82) is 0 Å². The van der Waals surface area contributed by atoms with Crippen LogP contribution in [-0.4, -0.2) is 6.08 Å². The van der Waals surface area contributed by atoms with Crippen molar-refractivity contribution < 1.29 is 4.79 Å². The Balaban J connectivity index is 2.87. The van der Waals surface area contributed by atoms with Crippen molar-refractivity contribution in [3.8, 4) is 0 Å². The summed E-state index contributed by atoms with van der Waals surface area (Å²) in [5.74, 6) is 0. The third-order valence-corrected chi connectivity index (χ3v) is 1.78. The summed E-state index contributed by atoms with van der Waals surface area (Å²) in [6.07, 6.45) is 3.99. The molecular weight excluding hydrogens is 162 g/mol. The number of hydrogen-bond acceptors (Lipinski definition) is 2. The normalized spacial score (nSPS) is 11.4. The Hall–Kier alpha value is -1.66. The molecule has 0 bridgehead atoms. The van der Waals surface area contributed by atoms with E-state index in [0.717, 1.165) is 5.56 Å². The van der Waals surface area contributed by atoms with Crippen LogP contribution in [0.4, 0.5) is 0 Å². The highest BCUT2D eigenvalue weighted by molar-refractivity contribution is 5.35. The van der Waals surface area contributed by atoms with Crippen molar-refractivity contribution >= 4 is 6.08 Å². The largest absolute Gasteiger partial charge is 0.235 e. The second-order valence-electron chi connectivity index (χ2n) is 2.67. The quantitative estimate of drug-likeness (QED) is 0.391. The molecule has 1 atom stereocenters. The van der Waals surface area contributed by atoms with Gasteiger partial charge in [-0.3, -0.25) is 0 Å². The fourth-order valence-corrected chi connectivity index (χ4v) is 1.16. The van der Waals surface area contributed by atoms with Crippen molar-refractivity contribution in [1.82, 2.24) is 0 Å². The van der Waals surface area contributed by atoms with Gasteiger partial charge >= 0.3 is 0 Å². The Morgan fingerprint density at radius 1 is 1.46 bits per heavy atom. The number of isocyanates is 1. The fraction of sp³-hybridized carbons (Fsp3) is 0.182. The van der Waals surface area contributed by atoms with E-state index in [9.17, 15) is 4.79 Å². The fourth-order valence-electron chi connectivity index (χ4n) is 1.16. The Morgan fingerprint density at radius 2 is 2.15 bits per heavy atom. The molecule has 0 saturated heterocycles. The topological polar surface area (TPSA) is 29.4 Å². The number of benzene rings is 1. The Bertz CT molecular complexity index is 312. The average Bonchev–Trinajstić information content (AvgIpc) is 2.19. The SMILES string of the molecule is C=CC[C@@H](N=C=O)c1ccccc1. The first-order chi connectivity index (χ1) is 6.38. The first-order valence-electron chi connectivity index (χ1n) is 4.11. The van der Waals surface area contributed by atoms with Gasteiger partial charge in [0.25, 0.3) is 0 Å². The summed E-state index contributed by atoms with van der Waals surface area (Å²) in [4.78, 5) is 13.8. The van der Waals surface area contributed by atoms with E-state index in [1.807, 2.05) is 30.3 Å². The van der Waals surface area contributed by atoms with Gasteiger partial charge in [-0.2, -0.15) is 4.99 Å². The molecule has 13 heavy (non-hydrogen) atoms. The van der Waals surface area contributed by atoms with Gasteiger partial charge in [0.15, 0.2) is 0 Å². The van der Waals surface area contributed by atoms with Gasteiger partial charge < -0.3 is 0 Å². The average molecular weight is 173 g/mol. The van der Waals surface area contributed by atoms with Crippen molar-refractivity contribution in [3.63, 3.8) is 0 Å². The molecular formula is C11H11NO. The summed E-state index contributed by atoms with van der Waals surface area (Å²) in [5.41, 5.74) is 1.02. The Labute approximate surface area is 77.6 Å². The maximum absolute atomic E-state index is 10.1. The van der Waals surface area contributed by atoms with Gasteiger partial charge in [-0.1, -0.05) is 36.4 Å². The number of carbonyl (C=O) groups excluding carboxylic acids is 1. The summed E-state index contributed by atoms with van der Waals surface area (Å²) < 4.78 is 0. The minimum Gasteiger partial charge on any atom is -0.211 e. The lowest BCUT2D eigenvalue weighted by Gasteiger charge is -2.06. The van der Waals surface area contributed by atoms with E-state index in [1.54, 1.807) is 12.2 Å². The maximum Gasteiger partial charge on any atom is 0.235 e. The summed E-state index contributed by atoms with van der Waals surface area (Å²) in [6.45, 7) is 3.62. The van der Waals surface area contributed by atoms with E-state index in [0.29, 0.717) is 6.42 Å². The second-order valence-corrected chi connectivity index (χ2v) is 2.67. The van der Waals surface area contributed by atoms with Crippen LogP contribution >= 0.6 is 0 Å². The summed E-state index contributed by atoms with van der Waals surface area (Å²) in [7, 11) is 0. The minimum atomic E-state index is -0.129. The van der Waals surface area contributed by atoms with Crippen LogP contribution in [0.15, 0.2) is 48.0 Å². The molecule has 0 heterocycles. The van der Waals surface area contributed by atoms with Crippen molar-refractivity contribution in [3.05, 3.63) is 48.6 Å². The van der Waals surface area contributed by atoms with Crippen LogP contribution in [0.2, 0.25) is 0 Å². The van der Waals surface area contributed by atoms with Crippen LogP contribution in [0.3, 0.4) is 0 Å². The monoisotopic (exact) mass is 173 g/mol. The highest BCUT2D eigenvalue weighted by Gasteiger charge is 2.06. The number of nitrogens with zero attached hydrogens (tertiary/aromatic N) is 1. The smallest absolute Gasteiger partial charge is 0.211 e. The predicted octanol–water partition coefficient (Wildman–Crippen LogP) is 2.64. The van der Waals surface area contributed by atoms with Crippen LogP contribution in [0, 0.1) is 0 Å². The Morgan fingerprint density at radius 3 is 2.69 bits per heavy atom. The zero-order chi connectivity index (χ0) is 9.52. The molecule has 0 fully saturated rings. The molecule has 0 N–H and O–H groups in total. The molecule has 0 aliphatic rings. The van der Waals surface area contributed by atoms with Crippen LogP contribution in [0.25, 0.3) is 0 Å². The molecule has 0 spiro atoms. The van der Waals surface area contributed by atoms with E-state index in [4.69, 9.17) is 0 Å². The van der Waals surface area contributed by atoms with Gasteiger partial charge in [-0.05, 0) is 12.0 Å². The molecule has 0 aliphatic heterocycles. The van der Waals surface area contributed by atoms with E-state index in [-0.39, 0.29) is 6.04 Å². The molecule has 0 radical (unpaired) electrons. The molecule has 0 aromatic heterocycles. The molecule has 2 nitrogen and oxygen atoms in total. The van der Waals surface area contributed by atoms with Gasteiger partial charge in [-0.25, -0.2) is 4.79 Å². The molecule has 0 unspecified atom stereocenters. The van der Waals surface area contributed by atoms with Gasteiger partial charge in [0.05, 0.1) is 6.04 Å². The molecule has 2 heteroatoms. The Kier molecular flexibility index (Phi) is 3.68. The van der Waals surface area contributed by atoms with Crippen LogP contribution in [-0.2, 0) is 4.79 Å². The highest BCUT2D eigenvalue weighted by Crippen LogP contribution is 2.20. The van der Waals surface area contributed by atoms with Crippen molar-refractivity contribution in [2.24, 2.45) is 4.99 Å². The van der Waals surface area contributed by atoms with Crippen molar-refractivity contribution in [2.45, 2.75) is 12.5 Å². The molecule has 0 amide bonds. The minimum absolute atomic E-state index is 0.129. The van der Waals surface area contributed by atoms with Crippen LogP contribution in [0.1, 0.15) is 18.0 Å². The zero-order valence-electron chi connectivity index (χ0n) is 7.31. The second kappa shape index (κ2) is 5.07. The van der Waals surface area contributed by atoms with Crippen LogP contribution < -0.4 is 0 Å². The third-order valence-electron chi connectivity index (χ3n) is 1.78. The lowest BCUT2D eigenvalue weighted by Crippen LogP contribution is -1.92. The molecule has 1 aromatic carbocycles. The van der Waals surface area contributed by atoms with E-state index >= 15 is 0 Å². The van der Waals surface area contributed by atoms with Gasteiger partial charge in [0.2, 0.25) is 6.08 Å². The molecule has 0 saturated carbocycles. The zero-order valence-corrected chi connectivity index (χ0v) is 7.31. The first kappa shape index (κ1) is 9.43. The molecule has 1 rings (SSSR count). The molecule has 1 aromatic rings. The summed E-state index contributed by atoms with van der Waals surface area (Å²) in [6, 6.07) is 9.52. The predicted molar refractivity (Wildman–Crippen MR) is 52.1 cm³/mol.